The van der Waals surface area contributed by atoms with E-state index in [9.17, 15) is 4.79 Å². The predicted octanol–water partition coefficient (Wildman–Crippen LogP) is 2.68. The summed E-state index contributed by atoms with van der Waals surface area (Å²) in [5.74, 6) is 1.37. The average Bonchev–Trinajstić information content (AvgIpc) is 2.15. The monoisotopic (exact) mass is 190 g/mol. The molecule has 1 aliphatic rings. The van der Waals surface area contributed by atoms with Crippen LogP contribution in [0.2, 0.25) is 0 Å². The SMILES string of the molecule is COc1ccc(C(=O)C2CCC2)cc1. The Morgan fingerprint density at radius 2 is 1.93 bits per heavy atom. The van der Waals surface area contributed by atoms with E-state index in [2.05, 4.69) is 0 Å². The van der Waals surface area contributed by atoms with Crippen LogP contribution in [0.25, 0.3) is 0 Å². The lowest BCUT2D eigenvalue weighted by atomic mass is 9.80. The topological polar surface area (TPSA) is 26.3 Å². The zero-order valence-electron chi connectivity index (χ0n) is 8.32. The van der Waals surface area contributed by atoms with E-state index in [0.717, 1.165) is 24.2 Å². The van der Waals surface area contributed by atoms with Gasteiger partial charge in [-0.25, -0.2) is 0 Å². The number of carbonyl (C=O) groups excluding carboxylic acids is 1. The van der Waals surface area contributed by atoms with Gasteiger partial charge in [0, 0.05) is 11.5 Å². The van der Waals surface area contributed by atoms with Crippen molar-refractivity contribution in [3.63, 3.8) is 0 Å². The summed E-state index contributed by atoms with van der Waals surface area (Å²) in [6.45, 7) is 0. The molecular weight excluding hydrogens is 176 g/mol. The van der Waals surface area contributed by atoms with Crippen molar-refractivity contribution in [2.45, 2.75) is 19.3 Å². The van der Waals surface area contributed by atoms with Crippen LogP contribution in [0.5, 0.6) is 5.75 Å². The Labute approximate surface area is 83.9 Å². The summed E-state index contributed by atoms with van der Waals surface area (Å²) >= 11 is 0. The molecular formula is C12H14O2. The fraction of sp³-hybridized carbons (Fsp3) is 0.417. The number of hydrogen-bond acceptors (Lipinski definition) is 2. The van der Waals surface area contributed by atoms with Crippen molar-refractivity contribution in [3.05, 3.63) is 29.8 Å². The molecule has 2 heteroatoms. The molecule has 1 fully saturated rings. The summed E-state index contributed by atoms with van der Waals surface area (Å²) in [7, 11) is 1.63. The smallest absolute Gasteiger partial charge is 0.165 e. The fourth-order valence-electron chi connectivity index (χ4n) is 1.66. The third-order valence-corrected chi connectivity index (χ3v) is 2.85. The highest BCUT2D eigenvalue weighted by atomic mass is 16.5. The molecule has 1 saturated carbocycles. The highest BCUT2D eigenvalue weighted by molar-refractivity contribution is 5.98. The summed E-state index contributed by atoms with van der Waals surface area (Å²) in [4.78, 5) is 11.8. The van der Waals surface area contributed by atoms with E-state index in [-0.39, 0.29) is 5.92 Å². The second-order valence-corrected chi connectivity index (χ2v) is 3.72. The van der Waals surface area contributed by atoms with E-state index in [0.29, 0.717) is 5.78 Å². The maximum Gasteiger partial charge on any atom is 0.165 e. The van der Waals surface area contributed by atoms with Gasteiger partial charge in [-0.05, 0) is 37.1 Å². The average molecular weight is 190 g/mol. The van der Waals surface area contributed by atoms with Gasteiger partial charge in [-0.15, -0.1) is 0 Å². The molecule has 0 spiro atoms. The molecule has 0 aromatic heterocycles. The van der Waals surface area contributed by atoms with Gasteiger partial charge in [-0.2, -0.15) is 0 Å². The van der Waals surface area contributed by atoms with E-state index >= 15 is 0 Å². The summed E-state index contributed by atoms with van der Waals surface area (Å²) in [6, 6.07) is 7.37. The number of ether oxygens (including phenoxy) is 1. The molecule has 1 aromatic carbocycles. The standard InChI is InChI=1S/C12H14O2/c1-14-11-7-5-10(6-8-11)12(13)9-3-2-4-9/h5-9H,2-4H2,1H3. The molecule has 74 valence electrons. The third-order valence-electron chi connectivity index (χ3n) is 2.85. The number of Topliss-reactive ketones (excluding diaryl/α,β-unsaturated/α-hetero) is 1. The molecule has 0 radical (unpaired) electrons. The van der Waals surface area contributed by atoms with Gasteiger partial charge in [0.05, 0.1) is 7.11 Å². The van der Waals surface area contributed by atoms with Gasteiger partial charge in [0.2, 0.25) is 0 Å². The van der Waals surface area contributed by atoms with Crippen LogP contribution in [-0.4, -0.2) is 12.9 Å². The third kappa shape index (κ3) is 1.65. The molecule has 0 N–H and O–H groups in total. The van der Waals surface area contributed by atoms with E-state index in [4.69, 9.17) is 4.74 Å². The van der Waals surface area contributed by atoms with Gasteiger partial charge < -0.3 is 4.74 Å². The Bertz CT molecular complexity index is 323. The second kappa shape index (κ2) is 3.82. The van der Waals surface area contributed by atoms with Crippen molar-refractivity contribution >= 4 is 5.78 Å². The molecule has 0 amide bonds. The Morgan fingerprint density at radius 3 is 2.36 bits per heavy atom. The second-order valence-electron chi connectivity index (χ2n) is 3.72. The van der Waals surface area contributed by atoms with Crippen molar-refractivity contribution in [2.24, 2.45) is 5.92 Å². The normalized spacial score (nSPS) is 16.1. The minimum Gasteiger partial charge on any atom is -0.497 e. The van der Waals surface area contributed by atoms with Crippen molar-refractivity contribution in [3.8, 4) is 5.75 Å². The zero-order valence-corrected chi connectivity index (χ0v) is 8.32. The van der Waals surface area contributed by atoms with Gasteiger partial charge in [0.1, 0.15) is 5.75 Å². The van der Waals surface area contributed by atoms with Gasteiger partial charge in [0.25, 0.3) is 0 Å². The number of ketones is 1. The number of carbonyl (C=O) groups is 1. The van der Waals surface area contributed by atoms with Crippen molar-refractivity contribution < 1.29 is 9.53 Å². The van der Waals surface area contributed by atoms with Gasteiger partial charge in [-0.3, -0.25) is 4.79 Å². The Kier molecular flexibility index (Phi) is 2.53. The molecule has 2 nitrogen and oxygen atoms in total. The predicted molar refractivity (Wildman–Crippen MR) is 54.7 cm³/mol. The Morgan fingerprint density at radius 1 is 1.29 bits per heavy atom. The lowest BCUT2D eigenvalue weighted by Crippen LogP contribution is -2.21. The lowest BCUT2D eigenvalue weighted by molar-refractivity contribution is 0.0855. The first-order valence-corrected chi connectivity index (χ1v) is 4.99. The first-order valence-electron chi connectivity index (χ1n) is 4.99. The van der Waals surface area contributed by atoms with Crippen LogP contribution in [-0.2, 0) is 0 Å². The number of hydrogen-bond donors (Lipinski definition) is 0. The van der Waals surface area contributed by atoms with E-state index in [1.807, 2.05) is 24.3 Å². The maximum atomic E-state index is 11.8. The molecule has 14 heavy (non-hydrogen) atoms. The molecule has 0 atom stereocenters. The van der Waals surface area contributed by atoms with E-state index < -0.39 is 0 Å². The van der Waals surface area contributed by atoms with Crippen LogP contribution in [0.15, 0.2) is 24.3 Å². The molecule has 0 saturated heterocycles. The summed E-state index contributed by atoms with van der Waals surface area (Å²) in [5, 5.41) is 0. The first-order chi connectivity index (χ1) is 6.81. The summed E-state index contributed by atoms with van der Waals surface area (Å²) in [5.41, 5.74) is 0.815. The summed E-state index contributed by atoms with van der Waals surface area (Å²) < 4.78 is 5.04. The number of methoxy groups -OCH3 is 1. The highest BCUT2D eigenvalue weighted by Gasteiger charge is 2.25. The van der Waals surface area contributed by atoms with Crippen molar-refractivity contribution in [1.29, 1.82) is 0 Å². The van der Waals surface area contributed by atoms with Gasteiger partial charge in [-0.1, -0.05) is 6.42 Å². The molecule has 0 aliphatic heterocycles. The fourth-order valence-corrected chi connectivity index (χ4v) is 1.66. The van der Waals surface area contributed by atoms with E-state index in [1.54, 1.807) is 7.11 Å². The zero-order chi connectivity index (χ0) is 9.97. The van der Waals surface area contributed by atoms with Crippen LogP contribution >= 0.6 is 0 Å². The van der Waals surface area contributed by atoms with Crippen molar-refractivity contribution in [2.75, 3.05) is 7.11 Å². The first kappa shape index (κ1) is 9.25. The van der Waals surface area contributed by atoms with Crippen LogP contribution in [0.1, 0.15) is 29.6 Å². The largest absolute Gasteiger partial charge is 0.497 e. The maximum absolute atomic E-state index is 11.8. The molecule has 0 heterocycles. The van der Waals surface area contributed by atoms with E-state index in [1.165, 1.54) is 6.42 Å². The quantitative estimate of drug-likeness (QED) is 0.685. The minimum atomic E-state index is 0.281. The molecule has 1 aromatic rings. The summed E-state index contributed by atoms with van der Waals surface area (Å²) in [6.07, 6.45) is 3.32. The van der Waals surface area contributed by atoms with Gasteiger partial charge >= 0.3 is 0 Å². The van der Waals surface area contributed by atoms with Gasteiger partial charge in [0.15, 0.2) is 5.78 Å². The number of rotatable bonds is 3. The lowest BCUT2D eigenvalue weighted by Gasteiger charge is -2.23. The van der Waals surface area contributed by atoms with Crippen molar-refractivity contribution in [1.82, 2.24) is 0 Å². The molecule has 0 bridgehead atoms. The van der Waals surface area contributed by atoms with Crippen LogP contribution < -0.4 is 4.74 Å². The number of benzene rings is 1. The Balaban J connectivity index is 2.11. The molecule has 2 rings (SSSR count). The molecule has 0 unspecified atom stereocenters. The highest BCUT2D eigenvalue weighted by Crippen LogP contribution is 2.30. The van der Waals surface area contributed by atoms with Crippen LogP contribution in [0, 0.1) is 5.92 Å². The molecule has 1 aliphatic carbocycles. The van der Waals surface area contributed by atoms with Crippen LogP contribution in [0.4, 0.5) is 0 Å². The minimum absolute atomic E-state index is 0.281. The Hall–Kier alpha value is -1.31. The van der Waals surface area contributed by atoms with Crippen LogP contribution in [0.3, 0.4) is 0 Å².